The fraction of sp³-hybridized carbons (Fsp3) is 0.978. The van der Waals surface area contributed by atoms with Crippen molar-refractivity contribution >= 4 is 5.97 Å². The highest BCUT2D eigenvalue weighted by molar-refractivity contribution is 5.76. The minimum absolute atomic E-state index is 0.166. The molecule has 2 saturated heterocycles. The van der Waals surface area contributed by atoms with E-state index in [9.17, 15) is 45.6 Å². The van der Waals surface area contributed by atoms with Gasteiger partial charge in [0.25, 0.3) is 5.79 Å². The maximum absolute atomic E-state index is 12.7. The Balaban J connectivity index is 2.01. The average molecular weight is 850 g/mol. The summed E-state index contributed by atoms with van der Waals surface area (Å²) in [5.41, 5.74) is 6.00. The van der Waals surface area contributed by atoms with E-state index in [-0.39, 0.29) is 12.5 Å². The Labute approximate surface area is 355 Å². The monoisotopic (exact) mass is 850 g/mol. The summed E-state index contributed by atoms with van der Waals surface area (Å²) in [6, 6.07) is -1.37. The van der Waals surface area contributed by atoms with E-state index in [2.05, 4.69) is 13.8 Å². The number of hydrogen-bond acceptors (Lipinski definition) is 13. The van der Waals surface area contributed by atoms with Gasteiger partial charge in [0.15, 0.2) is 6.29 Å². The van der Waals surface area contributed by atoms with E-state index in [0.717, 1.165) is 38.5 Å². The maximum Gasteiger partial charge on any atom is 0.364 e. The molecular weight excluding hydrogens is 762 g/mol. The van der Waals surface area contributed by atoms with Crippen LogP contribution >= 0.6 is 0 Å². The predicted molar refractivity (Wildman–Crippen MR) is 226 cm³/mol. The van der Waals surface area contributed by atoms with Crippen LogP contribution in [0.4, 0.5) is 0 Å². The van der Waals surface area contributed by atoms with Crippen LogP contribution in [0.3, 0.4) is 0 Å². The number of aliphatic hydroxyl groups is 7. The Kier molecular flexibility index (Phi) is 29.1. The molecule has 0 saturated carbocycles. The Hall–Kier alpha value is -1.01. The molecule has 2 fully saturated rings. The van der Waals surface area contributed by atoms with Crippen LogP contribution in [0.2, 0.25) is 0 Å². The molecule has 2 heterocycles. The van der Waals surface area contributed by atoms with Gasteiger partial charge in [-0.15, -0.1) is 0 Å². The summed E-state index contributed by atoms with van der Waals surface area (Å²) in [7, 11) is 0. The first kappa shape index (κ1) is 54.1. The van der Waals surface area contributed by atoms with E-state index >= 15 is 0 Å². The van der Waals surface area contributed by atoms with Crippen molar-refractivity contribution in [2.45, 2.75) is 254 Å². The predicted octanol–water partition coefficient (Wildman–Crippen LogP) is 5.60. The number of aliphatic hydroxyl groups excluding tert-OH is 7. The van der Waals surface area contributed by atoms with Crippen molar-refractivity contribution in [2.24, 2.45) is 11.7 Å². The van der Waals surface area contributed by atoms with Gasteiger partial charge in [0, 0.05) is 6.42 Å². The average Bonchev–Trinajstić information content (AvgIpc) is 3.22. The Bertz CT molecular complexity index is 1020. The van der Waals surface area contributed by atoms with Crippen molar-refractivity contribution in [2.75, 3.05) is 19.8 Å². The van der Waals surface area contributed by atoms with Crippen LogP contribution in [0.15, 0.2) is 0 Å². The molecule has 0 aromatic carbocycles. The summed E-state index contributed by atoms with van der Waals surface area (Å²) >= 11 is 0. The molecule has 10 N–H and O–H groups in total. The molecule has 0 spiro atoms. The van der Waals surface area contributed by atoms with E-state index in [1.54, 1.807) is 0 Å². The molecule has 0 amide bonds. The fourth-order valence-corrected chi connectivity index (χ4v) is 8.51. The molecule has 0 radical (unpaired) electrons. The molecule has 14 heteroatoms. The van der Waals surface area contributed by atoms with E-state index in [1.165, 1.54) is 128 Å². The van der Waals surface area contributed by atoms with Gasteiger partial charge in [-0.3, -0.25) is 0 Å². The molecule has 0 aromatic rings. The number of unbranched alkanes of at least 4 members (excludes halogenated alkanes) is 22. The van der Waals surface area contributed by atoms with Crippen LogP contribution in [0, 0.1) is 5.92 Å². The number of ether oxygens (including phenoxy) is 4. The Morgan fingerprint density at radius 2 is 1.15 bits per heavy atom. The quantitative estimate of drug-likeness (QED) is 0.0349. The van der Waals surface area contributed by atoms with Gasteiger partial charge < -0.3 is 65.5 Å². The molecule has 14 nitrogen and oxygen atoms in total. The SMILES string of the molecule is CCCCCCCCCCCCCCC(CCCCCCCCCCCCCC)CO[C@@H]1O[C@H](CO)[C@H](O)[C@H](O[C@]2(C(=O)O)C[C@H](O)[C@@H](N)[C@H]([C@H](O)[C@H](O)CO)O2)[C@H]1O. The number of nitrogens with two attached hydrogens (primary N) is 1. The van der Waals surface area contributed by atoms with E-state index in [0.29, 0.717) is 0 Å². The number of hydrogen-bond donors (Lipinski definition) is 9. The molecule has 0 aliphatic carbocycles. The van der Waals surface area contributed by atoms with Gasteiger partial charge in [0.2, 0.25) is 0 Å². The maximum atomic E-state index is 12.7. The summed E-state index contributed by atoms with van der Waals surface area (Å²) < 4.78 is 23.4. The second-order valence-electron chi connectivity index (χ2n) is 17.6. The zero-order valence-electron chi connectivity index (χ0n) is 36.8. The first-order valence-corrected chi connectivity index (χ1v) is 23.7. The third kappa shape index (κ3) is 19.9. The lowest BCUT2D eigenvalue weighted by Gasteiger charge is -2.49. The number of carbonyl (C=O) groups is 1. The van der Waals surface area contributed by atoms with Crippen molar-refractivity contribution in [1.29, 1.82) is 0 Å². The van der Waals surface area contributed by atoms with Gasteiger partial charge >= 0.3 is 5.97 Å². The normalized spacial score (nSPS) is 28.6. The molecule has 350 valence electrons. The standard InChI is InChI=1S/C45H87NO13/c1-3-5-7-9-11-13-15-17-19-21-23-25-27-33(28-26-24-22-20-18-16-14-12-10-8-6-4-2)32-56-43-40(53)42(39(52)36(31-48)57-43)59-45(44(54)55)29-34(49)37(46)41(58-45)38(51)35(50)30-47/h33-43,47-53H,3-32,46H2,1-2H3,(H,54,55)/t34-,35+,36+,37+,38+,39-,40+,41+,42-,43+,45-/m0/s1. The number of rotatable bonds is 36. The van der Waals surface area contributed by atoms with Crippen LogP contribution in [0.1, 0.15) is 187 Å². The number of carboxylic acids is 1. The van der Waals surface area contributed by atoms with E-state index in [4.69, 9.17) is 24.7 Å². The molecule has 2 rings (SSSR count). The number of carboxylic acid groups (broad SMARTS) is 1. The lowest BCUT2D eigenvalue weighted by molar-refractivity contribution is -0.369. The van der Waals surface area contributed by atoms with Crippen molar-refractivity contribution < 1.29 is 64.6 Å². The van der Waals surface area contributed by atoms with Gasteiger partial charge in [-0.05, 0) is 18.8 Å². The summed E-state index contributed by atoms with van der Waals surface area (Å²) in [5, 5.41) is 83.8. The molecule has 0 unspecified atom stereocenters. The minimum atomic E-state index is -2.75. The second kappa shape index (κ2) is 31.8. The smallest absolute Gasteiger partial charge is 0.364 e. The minimum Gasteiger partial charge on any atom is -0.477 e. The molecular formula is C45H87NO13. The highest BCUT2D eigenvalue weighted by atomic mass is 16.8. The van der Waals surface area contributed by atoms with Gasteiger partial charge in [-0.1, -0.05) is 168 Å². The fourth-order valence-electron chi connectivity index (χ4n) is 8.51. The molecule has 0 bridgehead atoms. The van der Waals surface area contributed by atoms with Gasteiger partial charge in [0.1, 0.15) is 42.7 Å². The molecule has 2 aliphatic rings. The van der Waals surface area contributed by atoms with Crippen LogP contribution in [0.25, 0.3) is 0 Å². The zero-order chi connectivity index (χ0) is 43.5. The number of aliphatic carboxylic acids is 1. The topological polar surface area (TPSA) is 242 Å². The third-order valence-corrected chi connectivity index (χ3v) is 12.4. The van der Waals surface area contributed by atoms with E-state index < -0.39 is 92.6 Å². The van der Waals surface area contributed by atoms with Crippen LogP contribution in [-0.4, -0.2) is 134 Å². The Morgan fingerprint density at radius 1 is 0.712 bits per heavy atom. The van der Waals surface area contributed by atoms with Gasteiger partial charge in [0.05, 0.1) is 32.0 Å². The van der Waals surface area contributed by atoms with Crippen molar-refractivity contribution in [3.63, 3.8) is 0 Å². The van der Waals surface area contributed by atoms with Crippen LogP contribution in [0.5, 0.6) is 0 Å². The van der Waals surface area contributed by atoms with Crippen molar-refractivity contribution in [1.82, 2.24) is 0 Å². The van der Waals surface area contributed by atoms with Crippen LogP contribution < -0.4 is 5.73 Å². The van der Waals surface area contributed by atoms with Gasteiger partial charge in [-0.25, -0.2) is 4.79 Å². The highest BCUT2D eigenvalue weighted by Gasteiger charge is 2.58. The lowest BCUT2D eigenvalue weighted by atomic mass is 9.88. The molecule has 0 aromatic heterocycles. The summed E-state index contributed by atoms with van der Waals surface area (Å²) in [6.07, 6.45) is 16.3. The van der Waals surface area contributed by atoms with E-state index in [1.807, 2.05) is 0 Å². The van der Waals surface area contributed by atoms with Crippen LogP contribution in [-0.2, 0) is 23.7 Å². The van der Waals surface area contributed by atoms with Crippen molar-refractivity contribution in [3.05, 3.63) is 0 Å². The second-order valence-corrected chi connectivity index (χ2v) is 17.6. The molecule has 2 aliphatic heterocycles. The first-order chi connectivity index (χ1) is 28.5. The van der Waals surface area contributed by atoms with Gasteiger partial charge in [-0.2, -0.15) is 0 Å². The third-order valence-electron chi connectivity index (χ3n) is 12.4. The Morgan fingerprint density at radius 3 is 1.56 bits per heavy atom. The summed E-state index contributed by atoms with van der Waals surface area (Å²) in [6.45, 7) is 3.12. The zero-order valence-corrected chi connectivity index (χ0v) is 36.8. The lowest BCUT2D eigenvalue weighted by Crippen LogP contribution is -2.69. The molecule has 11 atom stereocenters. The first-order valence-electron chi connectivity index (χ1n) is 23.7. The molecule has 59 heavy (non-hydrogen) atoms. The van der Waals surface area contributed by atoms with Crippen molar-refractivity contribution in [3.8, 4) is 0 Å². The summed E-state index contributed by atoms with van der Waals surface area (Å²) in [5.74, 6) is -4.34. The highest BCUT2D eigenvalue weighted by Crippen LogP contribution is 2.37. The summed E-state index contributed by atoms with van der Waals surface area (Å²) in [4.78, 5) is 12.7. The largest absolute Gasteiger partial charge is 0.477 e.